The van der Waals surface area contributed by atoms with Crippen molar-refractivity contribution in [3.8, 4) is 22.1 Å². The van der Waals surface area contributed by atoms with E-state index in [1.807, 2.05) is 42.6 Å². The lowest BCUT2D eigenvalue weighted by atomic mass is 10.1. The van der Waals surface area contributed by atoms with E-state index >= 15 is 0 Å². The first-order valence-electron chi connectivity index (χ1n) is 8.17. The molecule has 0 fully saturated rings. The van der Waals surface area contributed by atoms with Crippen molar-refractivity contribution in [3.63, 3.8) is 0 Å². The summed E-state index contributed by atoms with van der Waals surface area (Å²) < 4.78 is 15.9. The summed E-state index contributed by atoms with van der Waals surface area (Å²) in [4.78, 5) is 15.4. The molecule has 0 saturated heterocycles. The monoisotopic (exact) mass is 372 g/mol. The molecule has 0 N–H and O–H groups in total. The molecule has 0 saturated carbocycles. The van der Waals surface area contributed by atoms with Crippen LogP contribution in [0.1, 0.15) is 23.0 Å². The van der Waals surface area contributed by atoms with Crippen LogP contribution in [0.2, 0.25) is 0 Å². The predicted molar refractivity (Wildman–Crippen MR) is 99.8 cm³/mol. The predicted octanol–water partition coefficient (Wildman–Crippen LogP) is 4.08. The summed E-state index contributed by atoms with van der Waals surface area (Å²) in [6, 6.07) is 11.2. The Hall–Kier alpha value is -2.80. The Balaban J connectivity index is 1.77. The van der Waals surface area contributed by atoms with Crippen LogP contribution >= 0.6 is 11.3 Å². The molecule has 0 bridgehead atoms. The number of benzene rings is 1. The summed E-state index contributed by atoms with van der Waals surface area (Å²) in [7, 11) is 3.18. The van der Waals surface area contributed by atoms with Crippen LogP contribution in [0, 0.1) is 0 Å². The smallest absolute Gasteiger partial charge is 0.276 e. The zero-order chi connectivity index (χ0) is 18.5. The Morgan fingerprint density at radius 3 is 2.65 bits per heavy atom. The minimum atomic E-state index is -0.172. The summed E-state index contributed by atoms with van der Waals surface area (Å²) >= 11 is 1.54. The molecule has 3 rings (SSSR count). The van der Waals surface area contributed by atoms with Crippen LogP contribution in [0.4, 0.5) is 0 Å². The highest BCUT2D eigenvalue weighted by molar-refractivity contribution is 7.13. The number of rotatable bonds is 7. The molecule has 26 heavy (non-hydrogen) atoms. The molecule has 1 aromatic carbocycles. The fourth-order valence-electron chi connectivity index (χ4n) is 2.60. The van der Waals surface area contributed by atoms with Gasteiger partial charge in [0.15, 0.2) is 23.0 Å². The van der Waals surface area contributed by atoms with Crippen molar-refractivity contribution in [1.29, 1.82) is 0 Å². The van der Waals surface area contributed by atoms with Gasteiger partial charge < -0.3 is 18.9 Å². The molecule has 0 aliphatic heterocycles. The Labute approximate surface area is 155 Å². The number of methoxy groups -OCH3 is 2. The summed E-state index contributed by atoms with van der Waals surface area (Å²) in [5, 5.41) is 5.89. The van der Waals surface area contributed by atoms with E-state index in [9.17, 15) is 4.79 Å². The van der Waals surface area contributed by atoms with E-state index in [1.165, 1.54) is 0 Å². The minimum Gasteiger partial charge on any atom is -0.493 e. The fraction of sp³-hybridized carbons (Fsp3) is 0.263. The SMILES string of the molecule is CCN(Cc1ccc(OC)c(OC)c1)C(=O)c1cc(-c2cccs2)on1. The third kappa shape index (κ3) is 3.72. The van der Waals surface area contributed by atoms with Crippen LogP contribution in [-0.2, 0) is 6.54 Å². The van der Waals surface area contributed by atoms with Gasteiger partial charge >= 0.3 is 0 Å². The largest absolute Gasteiger partial charge is 0.493 e. The van der Waals surface area contributed by atoms with Gasteiger partial charge in [0.05, 0.1) is 19.1 Å². The second kappa shape index (κ2) is 8.05. The first-order valence-corrected chi connectivity index (χ1v) is 9.05. The Bertz CT molecular complexity index is 874. The molecular formula is C19H20N2O4S. The van der Waals surface area contributed by atoms with Gasteiger partial charge in [-0.25, -0.2) is 0 Å². The van der Waals surface area contributed by atoms with E-state index in [1.54, 1.807) is 36.5 Å². The van der Waals surface area contributed by atoms with Crippen LogP contribution in [0.15, 0.2) is 46.3 Å². The van der Waals surface area contributed by atoms with Gasteiger partial charge in [0.1, 0.15) is 0 Å². The number of thiophene rings is 1. The van der Waals surface area contributed by atoms with Gasteiger partial charge in [-0.05, 0) is 36.1 Å². The fourth-order valence-corrected chi connectivity index (χ4v) is 3.27. The van der Waals surface area contributed by atoms with Crippen molar-refractivity contribution in [3.05, 3.63) is 53.0 Å². The molecule has 6 nitrogen and oxygen atoms in total. The number of aromatic nitrogens is 1. The molecule has 2 aromatic heterocycles. The van der Waals surface area contributed by atoms with Crippen molar-refractivity contribution >= 4 is 17.2 Å². The molecule has 136 valence electrons. The number of nitrogens with zero attached hydrogens (tertiary/aromatic N) is 2. The average molecular weight is 372 g/mol. The highest BCUT2D eigenvalue weighted by Crippen LogP contribution is 2.29. The lowest BCUT2D eigenvalue weighted by molar-refractivity contribution is 0.0742. The highest BCUT2D eigenvalue weighted by Gasteiger charge is 2.20. The van der Waals surface area contributed by atoms with Gasteiger partial charge in [-0.3, -0.25) is 4.79 Å². The summed E-state index contributed by atoms with van der Waals surface area (Å²) in [5.41, 5.74) is 1.25. The van der Waals surface area contributed by atoms with Crippen LogP contribution in [0.5, 0.6) is 11.5 Å². The Kier molecular flexibility index (Phi) is 5.58. The number of carbonyl (C=O) groups excluding carboxylic acids is 1. The molecule has 0 atom stereocenters. The van der Waals surface area contributed by atoms with E-state index in [0.717, 1.165) is 10.4 Å². The van der Waals surface area contributed by atoms with Crippen molar-refractivity contribution in [2.24, 2.45) is 0 Å². The summed E-state index contributed by atoms with van der Waals surface area (Å²) in [5.74, 6) is 1.72. The van der Waals surface area contributed by atoms with E-state index in [-0.39, 0.29) is 5.91 Å². The molecule has 3 aromatic rings. The first-order chi connectivity index (χ1) is 12.7. The quantitative estimate of drug-likeness (QED) is 0.625. The van der Waals surface area contributed by atoms with Crippen molar-refractivity contribution in [2.75, 3.05) is 20.8 Å². The van der Waals surface area contributed by atoms with Crippen LogP contribution < -0.4 is 9.47 Å². The van der Waals surface area contributed by atoms with Crippen LogP contribution in [-0.4, -0.2) is 36.7 Å². The Morgan fingerprint density at radius 2 is 2.00 bits per heavy atom. The molecule has 7 heteroatoms. The maximum Gasteiger partial charge on any atom is 0.276 e. The third-order valence-corrected chi connectivity index (χ3v) is 4.87. The average Bonchev–Trinajstić information content (AvgIpc) is 3.36. The molecule has 0 spiro atoms. The zero-order valence-electron chi connectivity index (χ0n) is 14.9. The highest BCUT2D eigenvalue weighted by atomic mass is 32.1. The summed E-state index contributed by atoms with van der Waals surface area (Å²) in [6.07, 6.45) is 0. The maximum absolute atomic E-state index is 12.8. The molecule has 1 amide bonds. The first kappa shape index (κ1) is 18.0. The van der Waals surface area contributed by atoms with Gasteiger partial charge in [0.2, 0.25) is 0 Å². The van der Waals surface area contributed by atoms with Gasteiger partial charge in [-0.15, -0.1) is 11.3 Å². The van der Waals surface area contributed by atoms with E-state index in [0.29, 0.717) is 36.0 Å². The van der Waals surface area contributed by atoms with E-state index in [4.69, 9.17) is 14.0 Å². The lowest BCUT2D eigenvalue weighted by Gasteiger charge is -2.20. The molecule has 0 radical (unpaired) electrons. The number of amides is 1. The van der Waals surface area contributed by atoms with Gasteiger partial charge in [-0.2, -0.15) is 0 Å². The third-order valence-electron chi connectivity index (χ3n) is 3.98. The molecule has 0 aliphatic carbocycles. The molecule has 0 unspecified atom stereocenters. The molecule has 0 aliphatic rings. The topological polar surface area (TPSA) is 64.8 Å². The second-order valence-electron chi connectivity index (χ2n) is 5.56. The number of hydrogen-bond acceptors (Lipinski definition) is 6. The standard InChI is InChI=1S/C19H20N2O4S/c1-4-21(12-13-7-8-15(23-2)16(10-13)24-3)19(22)14-11-17(25-20-14)18-6-5-9-26-18/h5-11H,4,12H2,1-3H3. The van der Waals surface area contributed by atoms with Gasteiger partial charge in [0, 0.05) is 19.2 Å². The summed E-state index contributed by atoms with van der Waals surface area (Å²) in [6.45, 7) is 2.92. The maximum atomic E-state index is 12.8. The Morgan fingerprint density at radius 1 is 1.19 bits per heavy atom. The lowest BCUT2D eigenvalue weighted by Crippen LogP contribution is -2.30. The number of ether oxygens (including phenoxy) is 2. The van der Waals surface area contributed by atoms with Crippen LogP contribution in [0.25, 0.3) is 10.6 Å². The number of carbonyl (C=O) groups is 1. The minimum absolute atomic E-state index is 0.172. The van der Waals surface area contributed by atoms with Crippen LogP contribution in [0.3, 0.4) is 0 Å². The molecular weight excluding hydrogens is 352 g/mol. The van der Waals surface area contributed by atoms with E-state index in [2.05, 4.69) is 5.16 Å². The van der Waals surface area contributed by atoms with Gasteiger partial charge in [-0.1, -0.05) is 17.3 Å². The molecule has 2 heterocycles. The van der Waals surface area contributed by atoms with Crippen molar-refractivity contribution < 1.29 is 18.8 Å². The zero-order valence-corrected chi connectivity index (χ0v) is 15.7. The number of hydrogen-bond donors (Lipinski definition) is 0. The van der Waals surface area contributed by atoms with Crippen molar-refractivity contribution in [1.82, 2.24) is 10.1 Å². The normalized spacial score (nSPS) is 10.6. The second-order valence-corrected chi connectivity index (χ2v) is 6.51. The van der Waals surface area contributed by atoms with Gasteiger partial charge in [0.25, 0.3) is 5.91 Å². The van der Waals surface area contributed by atoms with Crippen molar-refractivity contribution in [2.45, 2.75) is 13.5 Å². The van der Waals surface area contributed by atoms with E-state index < -0.39 is 0 Å².